The van der Waals surface area contributed by atoms with Crippen molar-refractivity contribution in [2.45, 2.75) is 38.6 Å². The molecule has 0 heterocycles. The first-order valence-electron chi connectivity index (χ1n) is 9.35. The van der Waals surface area contributed by atoms with Crippen molar-refractivity contribution in [1.29, 1.82) is 0 Å². The van der Waals surface area contributed by atoms with Crippen LogP contribution in [0.2, 0.25) is 0 Å². The summed E-state index contributed by atoms with van der Waals surface area (Å²) in [4.78, 5) is 23.9. The zero-order chi connectivity index (χ0) is 23.3. The number of phenols is 1. The van der Waals surface area contributed by atoms with E-state index in [0.29, 0.717) is 26.0 Å². The molecule has 0 aliphatic carbocycles. The van der Waals surface area contributed by atoms with Crippen molar-refractivity contribution >= 4 is 66.6 Å². The maximum absolute atomic E-state index is 12.6. The van der Waals surface area contributed by atoms with Gasteiger partial charge in [-0.2, -0.15) is 0 Å². The number of nitrogens with zero attached hydrogens (tertiary/aromatic N) is 1. The van der Waals surface area contributed by atoms with Gasteiger partial charge < -0.3 is 20.1 Å². The number of carbonyl (C=O) groups excluding carboxylic acids is 1. The van der Waals surface area contributed by atoms with Crippen molar-refractivity contribution in [2.24, 2.45) is 0 Å². The van der Waals surface area contributed by atoms with E-state index in [1.54, 1.807) is 53.2 Å². The van der Waals surface area contributed by atoms with E-state index < -0.39 is 17.9 Å². The molecule has 0 spiro atoms. The Balaban J connectivity index is 2.21. The van der Waals surface area contributed by atoms with Crippen LogP contribution in [0.1, 0.15) is 37.3 Å². The molecule has 31 heavy (non-hydrogen) atoms. The van der Waals surface area contributed by atoms with Crippen molar-refractivity contribution in [3.8, 4) is 17.2 Å². The van der Waals surface area contributed by atoms with Crippen LogP contribution in [0.5, 0.6) is 17.2 Å². The number of ether oxygens (including phenoxy) is 1. The summed E-state index contributed by atoms with van der Waals surface area (Å²) in [6, 6.07) is 7.38. The lowest BCUT2D eigenvalue weighted by molar-refractivity contribution is -0.145. The van der Waals surface area contributed by atoms with Crippen LogP contribution >= 0.6 is 54.7 Å². The van der Waals surface area contributed by atoms with Crippen LogP contribution < -0.4 is 4.74 Å². The summed E-state index contributed by atoms with van der Waals surface area (Å²) in [5.74, 6) is -0.171. The second-order valence-electron chi connectivity index (χ2n) is 7.11. The maximum atomic E-state index is 12.6. The van der Waals surface area contributed by atoms with Gasteiger partial charge in [0.1, 0.15) is 17.5 Å². The van der Waals surface area contributed by atoms with E-state index in [0.717, 1.165) is 8.68 Å². The van der Waals surface area contributed by atoms with Crippen molar-refractivity contribution in [3.63, 3.8) is 0 Å². The minimum absolute atomic E-state index is 0.0215. The quantitative estimate of drug-likeness (QED) is 0.244. The number of aliphatic carboxylic acids is 1. The van der Waals surface area contributed by atoms with Gasteiger partial charge in [-0.25, -0.2) is 4.79 Å². The largest absolute Gasteiger partial charge is 0.508 e. The molecule has 10 heteroatoms. The van der Waals surface area contributed by atoms with Gasteiger partial charge in [-0.05, 0) is 73.7 Å². The third-order valence-electron chi connectivity index (χ3n) is 4.45. The van der Waals surface area contributed by atoms with Crippen molar-refractivity contribution < 1.29 is 29.6 Å². The number of carboxylic acids is 1. The Hall–Kier alpha value is -1.37. The fourth-order valence-corrected chi connectivity index (χ4v) is 5.00. The molecule has 1 amide bonds. The molecule has 0 bridgehead atoms. The monoisotopic (exact) mass is 669 g/mol. The second-order valence-corrected chi connectivity index (χ2v) is 9.86. The van der Waals surface area contributed by atoms with Gasteiger partial charge in [0.2, 0.25) is 5.91 Å². The number of rotatable bonds is 9. The van der Waals surface area contributed by atoms with Crippen molar-refractivity contribution in [1.82, 2.24) is 3.11 Å². The molecule has 2 aromatic carbocycles. The third-order valence-corrected chi connectivity index (χ3v) is 6.84. The SMILES string of the molecule is CC(C)c1cc(Oc2c(Br)cc(CC(=O)N(I)C(CCO)C(=O)O)cc2Br)ccc1O. The summed E-state index contributed by atoms with van der Waals surface area (Å²) < 4.78 is 8.30. The highest BCUT2D eigenvalue weighted by atomic mass is 127. The van der Waals surface area contributed by atoms with E-state index in [2.05, 4.69) is 31.9 Å². The predicted molar refractivity (Wildman–Crippen MR) is 132 cm³/mol. The van der Waals surface area contributed by atoms with Crippen LogP contribution in [0.3, 0.4) is 0 Å². The lowest BCUT2D eigenvalue weighted by Crippen LogP contribution is -2.39. The van der Waals surface area contributed by atoms with Crippen LogP contribution in [0.15, 0.2) is 39.3 Å². The highest BCUT2D eigenvalue weighted by Crippen LogP contribution is 2.39. The van der Waals surface area contributed by atoms with E-state index in [4.69, 9.17) is 9.84 Å². The van der Waals surface area contributed by atoms with Gasteiger partial charge in [0.25, 0.3) is 0 Å². The Bertz CT molecular complexity index is 946. The fraction of sp³-hybridized carbons (Fsp3) is 0.333. The molecular formula is C21H22Br2INO6. The molecule has 2 rings (SSSR count). The number of carboxylic acid groups (broad SMARTS) is 1. The summed E-state index contributed by atoms with van der Waals surface area (Å²) in [6.45, 7) is 3.62. The highest BCUT2D eigenvalue weighted by Gasteiger charge is 2.28. The predicted octanol–water partition coefficient (Wildman–Crippen LogP) is 5.39. The fourth-order valence-electron chi connectivity index (χ4n) is 2.87. The number of hydrogen-bond donors (Lipinski definition) is 3. The lowest BCUT2D eigenvalue weighted by atomic mass is 10.0. The molecule has 0 aromatic heterocycles. The van der Waals surface area contributed by atoms with Gasteiger partial charge in [-0.15, -0.1) is 0 Å². The first kappa shape index (κ1) is 25.9. The number of aromatic hydroxyl groups is 1. The molecular weight excluding hydrogens is 649 g/mol. The van der Waals surface area contributed by atoms with Crippen molar-refractivity contribution in [3.05, 3.63) is 50.4 Å². The van der Waals surface area contributed by atoms with Crippen LogP contribution in [-0.4, -0.2) is 43.0 Å². The average molecular weight is 671 g/mol. The normalized spacial score (nSPS) is 12.0. The van der Waals surface area contributed by atoms with Gasteiger partial charge in [-0.3, -0.25) is 7.91 Å². The highest BCUT2D eigenvalue weighted by molar-refractivity contribution is 14.1. The Morgan fingerprint density at radius 1 is 1.16 bits per heavy atom. The number of carbonyl (C=O) groups is 2. The van der Waals surface area contributed by atoms with E-state index in [9.17, 15) is 19.8 Å². The third kappa shape index (κ3) is 6.80. The number of aliphatic hydroxyl groups is 1. The zero-order valence-corrected chi connectivity index (χ0v) is 22.1. The number of amides is 1. The standard InChI is InChI=1S/C21H22Br2INO6/c1-11(2)14-10-13(3-4-18(14)27)31-20-15(22)7-12(8-16(20)23)9-19(28)25(24)17(5-6-26)21(29)30/h3-4,7-8,10-11,17,26-27H,5-6,9H2,1-2H3,(H,29,30). The molecule has 0 saturated heterocycles. The molecule has 1 atom stereocenters. The summed E-state index contributed by atoms with van der Waals surface area (Å²) in [7, 11) is 0. The minimum atomic E-state index is -1.17. The topological polar surface area (TPSA) is 107 Å². The molecule has 0 aliphatic rings. The molecule has 7 nitrogen and oxygen atoms in total. The smallest absolute Gasteiger partial charge is 0.327 e. The van der Waals surface area contributed by atoms with E-state index >= 15 is 0 Å². The lowest BCUT2D eigenvalue weighted by Gasteiger charge is -2.22. The molecule has 1 unspecified atom stereocenters. The molecule has 2 aromatic rings. The Labute approximate surface area is 211 Å². The first-order chi connectivity index (χ1) is 14.5. The summed E-state index contributed by atoms with van der Waals surface area (Å²) in [5, 5.41) is 28.3. The molecule has 0 fully saturated rings. The molecule has 0 saturated carbocycles. The van der Waals surface area contributed by atoms with Gasteiger partial charge >= 0.3 is 5.97 Å². The van der Waals surface area contributed by atoms with Crippen LogP contribution in [0.4, 0.5) is 0 Å². The molecule has 3 N–H and O–H groups in total. The van der Waals surface area contributed by atoms with Crippen LogP contribution in [0, 0.1) is 0 Å². The van der Waals surface area contributed by atoms with Gasteiger partial charge in [0.15, 0.2) is 5.75 Å². The van der Waals surface area contributed by atoms with Crippen LogP contribution in [0.25, 0.3) is 0 Å². The van der Waals surface area contributed by atoms with Crippen molar-refractivity contribution in [2.75, 3.05) is 6.61 Å². The maximum Gasteiger partial charge on any atom is 0.327 e. The van der Waals surface area contributed by atoms with E-state index in [-0.39, 0.29) is 31.1 Å². The number of halogens is 3. The van der Waals surface area contributed by atoms with Crippen LogP contribution in [-0.2, 0) is 16.0 Å². The average Bonchev–Trinajstić information content (AvgIpc) is 2.69. The number of hydrogen-bond acceptors (Lipinski definition) is 5. The summed E-state index contributed by atoms with van der Waals surface area (Å²) in [5.41, 5.74) is 1.42. The minimum Gasteiger partial charge on any atom is -0.508 e. The Morgan fingerprint density at radius 2 is 1.77 bits per heavy atom. The molecule has 0 aliphatic heterocycles. The second kappa shape index (κ2) is 11.5. The summed E-state index contributed by atoms with van der Waals surface area (Å²) in [6.07, 6.45) is -0.0679. The van der Waals surface area contributed by atoms with E-state index in [1.165, 1.54) is 0 Å². The molecule has 168 valence electrons. The number of benzene rings is 2. The zero-order valence-electron chi connectivity index (χ0n) is 16.8. The van der Waals surface area contributed by atoms with Gasteiger partial charge in [-0.1, -0.05) is 13.8 Å². The number of phenolic OH excluding ortho intramolecular Hbond substituents is 1. The molecule has 0 radical (unpaired) electrons. The Kier molecular flexibility index (Phi) is 9.59. The van der Waals surface area contributed by atoms with Gasteiger partial charge in [0.05, 0.1) is 38.2 Å². The Morgan fingerprint density at radius 3 is 2.29 bits per heavy atom. The van der Waals surface area contributed by atoms with E-state index in [1.807, 2.05) is 13.8 Å². The van der Waals surface area contributed by atoms with Gasteiger partial charge in [0, 0.05) is 18.6 Å². The summed E-state index contributed by atoms with van der Waals surface area (Å²) >= 11 is 8.59. The number of aliphatic hydroxyl groups excluding tert-OH is 1. The first-order valence-corrected chi connectivity index (χ1v) is 11.9.